The summed E-state index contributed by atoms with van der Waals surface area (Å²) in [5.41, 5.74) is -0.0520. The summed E-state index contributed by atoms with van der Waals surface area (Å²) in [4.78, 5) is 49.5. The van der Waals surface area contributed by atoms with Crippen LogP contribution in [0.4, 0.5) is 16.4 Å². The van der Waals surface area contributed by atoms with Crippen LogP contribution in [0.2, 0.25) is 5.02 Å². The van der Waals surface area contributed by atoms with E-state index >= 15 is 0 Å². The van der Waals surface area contributed by atoms with Crippen molar-refractivity contribution in [2.45, 2.75) is 24.8 Å². The molecule has 0 aliphatic rings. The maximum Gasteiger partial charge on any atom is 0.341 e. The predicted molar refractivity (Wildman–Crippen MR) is 171 cm³/mol. The number of anilines is 2. The summed E-state index contributed by atoms with van der Waals surface area (Å²) in [5, 5.41) is 13.8. The van der Waals surface area contributed by atoms with Crippen molar-refractivity contribution in [3.05, 3.63) is 99.1 Å². The highest BCUT2D eigenvalue weighted by Gasteiger charge is 2.27. The molecule has 4 rings (SSSR count). The number of esters is 2. The first-order valence-electron chi connectivity index (χ1n) is 13.4. The summed E-state index contributed by atoms with van der Waals surface area (Å²) in [7, 11) is -3.17. The first-order chi connectivity index (χ1) is 21.8. The molecule has 46 heavy (non-hydrogen) atoms. The van der Waals surface area contributed by atoms with Gasteiger partial charge in [0.25, 0.3) is 21.6 Å². The topological polar surface area (TPSA) is 180 Å². The Morgan fingerprint density at radius 2 is 1.72 bits per heavy atom. The third-order valence-electron chi connectivity index (χ3n) is 6.28. The summed E-state index contributed by atoms with van der Waals surface area (Å²) in [6.07, 6.45) is -1.41. The number of methoxy groups -OCH3 is 1. The Balaban J connectivity index is 1.53. The largest absolute Gasteiger partial charge is 0.495 e. The molecule has 13 nitrogen and oxygen atoms in total. The number of rotatable bonds is 12. The standard InChI is InChI=1S/C30H26ClN3O10S2/c1-4-43-29(36)22-16-26(18-8-6-5-7-9-18)45-28(22)32-27(35)17(2)44-30(37)21-15-20(11-12-23(21)31)46(40,41)33-24-14-19(34(38)39)10-13-25(24)42-3/h5-17,33H,4H2,1-3H3,(H,32,35)/t17-/m0/s1. The molecule has 0 spiro atoms. The van der Waals surface area contributed by atoms with Crippen LogP contribution in [0.15, 0.2) is 77.7 Å². The molecule has 16 heteroatoms. The number of non-ortho nitro benzene ring substituents is 1. The van der Waals surface area contributed by atoms with Crippen molar-refractivity contribution in [3.8, 4) is 16.2 Å². The van der Waals surface area contributed by atoms with Crippen molar-refractivity contribution in [1.29, 1.82) is 0 Å². The Labute approximate surface area is 272 Å². The highest BCUT2D eigenvalue weighted by molar-refractivity contribution is 7.92. The number of sulfonamides is 1. The molecule has 0 saturated heterocycles. The van der Waals surface area contributed by atoms with Gasteiger partial charge in [0.15, 0.2) is 6.10 Å². The molecule has 0 radical (unpaired) electrons. The van der Waals surface area contributed by atoms with E-state index in [0.717, 1.165) is 47.2 Å². The average Bonchev–Trinajstić information content (AvgIpc) is 3.45. The summed E-state index contributed by atoms with van der Waals surface area (Å²) >= 11 is 7.31. The quantitative estimate of drug-likeness (QED) is 0.0996. The lowest BCUT2D eigenvalue weighted by Crippen LogP contribution is -2.30. The lowest BCUT2D eigenvalue weighted by atomic mass is 10.1. The van der Waals surface area contributed by atoms with Gasteiger partial charge in [-0.05, 0) is 49.7 Å². The van der Waals surface area contributed by atoms with Crippen molar-refractivity contribution in [1.82, 2.24) is 0 Å². The minimum Gasteiger partial charge on any atom is -0.495 e. The summed E-state index contributed by atoms with van der Waals surface area (Å²) in [6, 6.07) is 17.3. The maximum atomic E-state index is 13.2. The fourth-order valence-electron chi connectivity index (χ4n) is 4.00. The molecule has 0 bridgehead atoms. The zero-order valence-corrected chi connectivity index (χ0v) is 26.8. The normalized spacial score (nSPS) is 11.7. The molecule has 2 N–H and O–H groups in total. The monoisotopic (exact) mass is 687 g/mol. The smallest absolute Gasteiger partial charge is 0.341 e. The molecule has 3 aromatic carbocycles. The van der Waals surface area contributed by atoms with E-state index in [9.17, 15) is 32.9 Å². The van der Waals surface area contributed by atoms with Crippen LogP contribution in [0.1, 0.15) is 34.6 Å². The summed E-state index contributed by atoms with van der Waals surface area (Å²) in [6.45, 7) is 3.04. The Morgan fingerprint density at radius 3 is 2.37 bits per heavy atom. The molecule has 4 aromatic rings. The number of ether oxygens (including phenoxy) is 3. The summed E-state index contributed by atoms with van der Waals surface area (Å²) in [5.74, 6) is -2.53. The molecule has 0 aliphatic heterocycles. The first kappa shape index (κ1) is 33.9. The van der Waals surface area contributed by atoms with Crippen LogP contribution in [-0.4, -0.2) is 51.0 Å². The fraction of sp³-hybridized carbons (Fsp3) is 0.167. The second-order valence-corrected chi connectivity index (χ2v) is 12.5. The van der Waals surface area contributed by atoms with Gasteiger partial charge in [-0.2, -0.15) is 0 Å². The van der Waals surface area contributed by atoms with Crippen LogP contribution in [0.3, 0.4) is 0 Å². The molecule has 0 saturated carbocycles. The average molecular weight is 688 g/mol. The third-order valence-corrected chi connectivity index (χ3v) is 9.07. The Kier molecular flexibility index (Phi) is 10.6. The SMILES string of the molecule is CCOC(=O)c1cc(-c2ccccc2)sc1NC(=O)[C@H](C)OC(=O)c1cc(S(=O)(=O)Nc2cc([N+](=O)[O-])ccc2OC)ccc1Cl. The summed E-state index contributed by atoms with van der Waals surface area (Å²) < 4.78 is 44.1. The number of nitro groups is 1. The van der Waals surface area contributed by atoms with Gasteiger partial charge >= 0.3 is 11.9 Å². The van der Waals surface area contributed by atoms with Crippen LogP contribution >= 0.6 is 22.9 Å². The number of halogens is 1. The molecule has 1 heterocycles. The van der Waals surface area contributed by atoms with Gasteiger partial charge in [-0.25, -0.2) is 18.0 Å². The molecule has 0 aliphatic carbocycles. The van der Waals surface area contributed by atoms with Crippen molar-refractivity contribution in [2.75, 3.05) is 23.8 Å². The zero-order chi connectivity index (χ0) is 33.6. The second kappa shape index (κ2) is 14.4. The minimum atomic E-state index is -4.43. The van der Waals surface area contributed by atoms with E-state index in [1.165, 1.54) is 20.1 Å². The van der Waals surface area contributed by atoms with Crippen LogP contribution in [-0.2, 0) is 24.3 Å². The number of hydrogen-bond donors (Lipinski definition) is 2. The molecular weight excluding hydrogens is 662 g/mol. The van der Waals surface area contributed by atoms with Crippen molar-refractivity contribution >= 4 is 67.2 Å². The number of carbonyl (C=O) groups excluding carboxylic acids is 3. The van der Waals surface area contributed by atoms with Crippen LogP contribution in [0.25, 0.3) is 10.4 Å². The number of hydrogen-bond acceptors (Lipinski definition) is 11. The van der Waals surface area contributed by atoms with Gasteiger partial charge in [0, 0.05) is 17.0 Å². The van der Waals surface area contributed by atoms with Crippen molar-refractivity contribution < 1.29 is 41.9 Å². The number of carbonyl (C=O) groups is 3. The molecule has 1 aromatic heterocycles. The third kappa shape index (κ3) is 7.80. The number of nitro benzene ring substituents is 1. The van der Waals surface area contributed by atoms with Crippen LogP contribution in [0.5, 0.6) is 5.75 Å². The van der Waals surface area contributed by atoms with Crippen molar-refractivity contribution in [3.63, 3.8) is 0 Å². The lowest BCUT2D eigenvalue weighted by molar-refractivity contribution is -0.384. The number of benzene rings is 3. The predicted octanol–water partition coefficient (Wildman–Crippen LogP) is 6.15. The van der Waals surface area contributed by atoms with Crippen LogP contribution < -0.4 is 14.8 Å². The number of nitrogens with one attached hydrogen (secondary N) is 2. The Bertz CT molecular complexity index is 1910. The van der Waals surface area contributed by atoms with E-state index in [4.69, 9.17) is 25.8 Å². The van der Waals surface area contributed by atoms with E-state index < -0.39 is 43.8 Å². The van der Waals surface area contributed by atoms with E-state index in [1.807, 2.05) is 30.3 Å². The van der Waals surface area contributed by atoms with Gasteiger partial charge in [0.1, 0.15) is 10.8 Å². The maximum absolute atomic E-state index is 13.2. The van der Waals surface area contributed by atoms with Gasteiger partial charge in [0.2, 0.25) is 0 Å². The Hall–Kier alpha value is -4.99. The number of amides is 1. The Morgan fingerprint density at radius 1 is 1.00 bits per heavy atom. The molecule has 1 amide bonds. The highest BCUT2D eigenvalue weighted by atomic mass is 35.5. The van der Waals surface area contributed by atoms with Gasteiger partial charge in [-0.3, -0.25) is 19.6 Å². The van der Waals surface area contributed by atoms with Gasteiger partial charge in [-0.15, -0.1) is 11.3 Å². The lowest BCUT2D eigenvalue weighted by Gasteiger charge is -2.15. The highest BCUT2D eigenvalue weighted by Crippen LogP contribution is 2.36. The molecule has 0 unspecified atom stereocenters. The van der Waals surface area contributed by atoms with Gasteiger partial charge in [-0.1, -0.05) is 41.9 Å². The number of thiophene rings is 1. The molecular formula is C30H26ClN3O10S2. The number of nitrogens with zero attached hydrogens (tertiary/aromatic N) is 1. The van der Waals surface area contributed by atoms with E-state index in [-0.39, 0.29) is 44.9 Å². The minimum absolute atomic E-state index is 0.00959. The second-order valence-electron chi connectivity index (χ2n) is 9.37. The van der Waals surface area contributed by atoms with E-state index in [2.05, 4.69) is 10.0 Å². The fourth-order valence-corrected chi connectivity index (χ4v) is 6.34. The molecule has 1 atom stereocenters. The van der Waals surface area contributed by atoms with Crippen molar-refractivity contribution in [2.24, 2.45) is 0 Å². The molecule has 240 valence electrons. The first-order valence-corrected chi connectivity index (χ1v) is 16.0. The molecule has 0 fully saturated rings. The van der Waals surface area contributed by atoms with Gasteiger partial charge in [0.05, 0.1) is 45.4 Å². The van der Waals surface area contributed by atoms with Gasteiger partial charge < -0.3 is 19.5 Å². The van der Waals surface area contributed by atoms with Crippen LogP contribution in [0, 0.1) is 10.1 Å². The van der Waals surface area contributed by atoms with E-state index in [1.54, 1.807) is 13.0 Å². The zero-order valence-electron chi connectivity index (χ0n) is 24.4. The van der Waals surface area contributed by atoms with E-state index in [0.29, 0.717) is 4.88 Å².